The van der Waals surface area contributed by atoms with Crippen LogP contribution in [0.4, 0.5) is 5.69 Å². The summed E-state index contributed by atoms with van der Waals surface area (Å²) >= 11 is 0. The third-order valence-corrected chi connectivity index (χ3v) is 5.71. The first-order valence-corrected chi connectivity index (χ1v) is 10.3. The molecule has 0 fully saturated rings. The van der Waals surface area contributed by atoms with E-state index in [-0.39, 0.29) is 17.2 Å². The maximum atomic E-state index is 12.3. The van der Waals surface area contributed by atoms with Crippen molar-refractivity contribution in [1.82, 2.24) is 4.31 Å². The average molecular weight is 420 g/mol. The van der Waals surface area contributed by atoms with Crippen molar-refractivity contribution in [2.24, 2.45) is 0 Å². The van der Waals surface area contributed by atoms with Crippen LogP contribution in [0.5, 0.6) is 5.75 Å². The molecule has 0 aliphatic carbocycles. The molecule has 1 amide bonds. The molecule has 2 rings (SSSR count). The number of amides is 1. The summed E-state index contributed by atoms with van der Waals surface area (Å²) in [4.78, 5) is 24.2. The number of benzene rings is 2. The van der Waals surface area contributed by atoms with E-state index in [1.165, 1.54) is 39.2 Å². The zero-order chi connectivity index (χ0) is 21.6. The number of anilines is 1. The monoisotopic (exact) mass is 420 g/mol. The lowest BCUT2D eigenvalue weighted by Crippen LogP contribution is -2.31. The van der Waals surface area contributed by atoms with Gasteiger partial charge in [-0.3, -0.25) is 4.79 Å². The molecule has 2 aromatic rings. The van der Waals surface area contributed by atoms with Crippen LogP contribution in [-0.2, 0) is 24.3 Å². The highest BCUT2D eigenvalue weighted by molar-refractivity contribution is 7.89. The van der Waals surface area contributed by atoms with Crippen molar-refractivity contribution in [2.75, 3.05) is 26.0 Å². The molecule has 1 atom stereocenters. The van der Waals surface area contributed by atoms with Gasteiger partial charge >= 0.3 is 5.97 Å². The van der Waals surface area contributed by atoms with Gasteiger partial charge in [-0.15, -0.1) is 0 Å². The third-order valence-electron chi connectivity index (χ3n) is 3.90. The summed E-state index contributed by atoms with van der Waals surface area (Å²) in [6.45, 7) is 2.98. The first-order valence-electron chi connectivity index (χ1n) is 8.82. The predicted octanol–water partition coefficient (Wildman–Crippen LogP) is 2.19. The number of hydrogen-bond donors (Lipinski definition) is 1. The van der Waals surface area contributed by atoms with Gasteiger partial charge in [-0.25, -0.2) is 17.5 Å². The largest absolute Gasteiger partial charge is 0.482 e. The van der Waals surface area contributed by atoms with E-state index in [2.05, 4.69) is 5.32 Å². The molecule has 156 valence electrons. The molecule has 0 unspecified atom stereocenters. The number of hydrogen-bond acceptors (Lipinski definition) is 6. The van der Waals surface area contributed by atoms with Crippen molar-refractivity contribution in [1.29, 1.82) is 0 Å². The number of carbonyl (C=O) groups excluding carboxylic acids is 2. The van der Waals surface area contributed by atoms with Crippen molar-refractivity contribution in [3.8, 4) is 5.75 Å². The van der Waals surface area contributed by atoms with Crippen LogP contribution in [-0.4, -0.2) is 51.4 Å². The molecule has 29 heavy (non-hydrogen) atoms. The SMILES string of the molecule is Cc1cccc(OCC(=O)O[C@H](C)C(=O)Nc2cccc(S(=O)(=O)N(C)C)c2)c1. The number of nitrogens with one attached hydrogen (secondary N) is 1. The van der Waals surface area contributed by atoms with Gasteiger partial charge in [-0.05, 0) is 49.7 Å². The van der Waals surface area contributed by atoms with Crippen LogP contribution in [0.3, 0.4) is 0 Å². The summed E-state index contributed by atoms with van der Waals surface area (Å²) in [6, 6.07) is 13.0. The molecule has 0 saturated carbocycles. The highest BCUT2D eigenvalue weighted by Gasteiger charge is 2.20. The number of esters is 1. The standard InChI is InChI=1S/C20H24N2O6S/c1-14-7-5-9-17(11-14)27-13-19(23)28-15(2)20(24)21-16-8-6-10-18(12-16)29(25,26)22(3)4/h5-12,15H,13H2,1-4H3,(H,21,24)/t15-/m1/s1. The average Bonchev–Trinajstić information content (AvgIpc) is 2.66. The Kier molecular flexibility index (Phi) is 7.35. The van der Waals surface area contributed by atoms with Gasteiger partial charge in [0.1, 0.15) is 5.75 Å². The molecule has 2 aromatic carbocycles. The van der Waals surface area contributed by atoms with E-state index in [9.17, 15) is 18.0 Å². The number of carbonyl (C=O) groups is 2. The molecule has 9 heteroatoms. The lowest BCUT2D eigenvalue weighted by Gasteiger charge is -2.15. The summed E-state index contributed by atoms with van der Waals surface area (Å²) < 4.78 is 35.9. The van der Waals surface area contributed by atoms with Gasteiger partial charge in [0.15, 0.2) is 12.7 Å². The summed E-state index contributed by atoms with van der Waals surface area (Å²) in [6.07, 6.45) is -1.09. The molecule has 8 nitrogen and oxygen atoms in total. The van der Waals surface area contributed by atoms with Crippen LogP contribution in [0.15, 0.2) is 53.4 Å². The van der Waals surface area contributed by atoms with Crippen molar-refractivity contribution in [2.45, 2.75) is 24.8 Å². The summed E-state index contributed by atoms with van der Waals surface area (Å²) in [5, 5.41) is 2.54. The van der Waals surface area contributed by atoms with Gasteiger partial charge < -0.3 is 14.8 Å². The maximum absolute atomic E-state index is 12.3. The van der Waals surface area contributed by atoms with Crippen molar-refractivity contribution >= 4 is 27.6 Å². The van der Waals surface area contributed by atoms with E-state index in [1.54, 1.807) is 24.3 Å². The van der Waals surface area contributed by atoms with Crippen molar-refractivity contribution in [3.05, 3.63) is 54.1 Å². The second kappa shape index (κ2) is 9.53. The van der Waals surface area contributed by atoms with Crippen LogP contribution in [0.1, 0.15) is 12.5 Å². The molecule has 0 radical (unpaired) electrons. The Balaban J connectivity index is 1.92. The highest BCUT2D eigenvalue weighted by Crippen LogP contribution is 2.18. The van der Waals surface area contributed by atoms with Gasteiger partial charge in [0, 0.05) is 19.8 Å². The first-order chi connectivity index (χ1) is 13.6. The van der Waals surface area contributed by atoms with Gasteiger partial charge in [0.25, 0.3) is 5.91 Å². The fourth-order valence-corrected chi connectivity index (χ4v) is 3.27. The van der Waals surface area contributed by atoms with E-state index in [0.717, 1.165) is 9.87 Å². The lowest BCUT2D eigenvalue weighted by molar-refractivity contribution is -0.155. The van der Waals surface area contributed by atoms with Crippen molar-refractivity contribution in [3.63, 3.8) is 0 Å². The van der Waals surface area contributed by atoms with Crippen LogP contribution in [0, 0.1) is 6.92 Å². The van der Waals surface area contributed by atoms with Gasteiger partial charge in [0.05, 0.1) is 4.90 Å². The lowest BCUT2D eigenvalue weighted by atomic mass is 10.2. The quantitative estimate of drug-likeness (QED) is 0.657. The van der Waals surface area contributed by atoms with E-state index in [0.29, 0.717) is 5.75 Å². The highest BCUT2D eigenvalue weighted by atomic mass is 32.2. The number of nitrogens with zero attached hydrogens (tertiary/aromatic N) is 1. The Morgan fingerprint density at radius 3 is 2.45 bits per heavy atom. The summed E-state index contributed by atoms with van der Waals surface area (Å²) in [5.74, 6) is -0.760. The minimum absolute atomic E-state index is 0.0384. The Morgan fingerprint density at radius 2 is 1.79 bits per heavy atom. The topological polar surface area (TPSA) is 102 Å². The van der Waals surface area contributed by atoms with Crippen LogP contribution < -0.4 is 10.1 Å². The van der Waals surface area contributed by atoms with Crippen LogP contribution >= 0.6 is 0 Å². The molecule has 1 N–H and O–H groups in total. The first kappa shape index (κ1) is 22.4. The van der Waals surface area contributed by atoms with Gasteiger partial charge in [0.2, 0.25) is 10.0 Å². The Labute approximate surface area is 170 Å². The fraction of sp³-hybridized carbons (Fsp3) is 0.300. The number of rotatable bonds is 8. The maximum Gasteiger partial charge on any atom is 0.344 e. The summed E-state index contributed by atoms with van der Waals surface area (Å²) in [5.41, 5.74) is 1.26. The molecule has 0 aliphatic rings. The molecule has 0 saturated heterocycles. The Hall–Kier alpha value is -2.91. The Morgan fingerprint density at radius 1 is 1.10 bits per heavy atom. The fourth-order valence-electron chi connectivity index (χ4n) is 2.32. The molecule has 0 heterocycles. The number of aryl methyl sites for hydroxylation is 1. The normalized spacial score (nSPS) is 12.3. The van der Waals surface area contributed by atoms with Gasteiger partial charge in [-0.1, -0.05) is 18.2 Å². The Bertz CT molecular complexity index is 988. The zero-order valence-corrected chi connectivity index (χ0v) is 17.5. The molecule has 0 aromatic heterocycles. The van der Waals surface area contributed by atoms with E-state index in [1.807, 2.05) is 13.0 Å². The van der Waals surface area contributed by atoms with E-state index >= 15 is 0 Å². The predicted molar refractivity (Wildman–Crippen MR) is 108 cm³/mol. The smallest absolute Gasteiger partial charge is 0.344 e. The second-order valence-corrected chi connectivity index (χ2v) is 8.69. The molecular weight excluding hydrogens is 396 g/mol. The van der Waals surface area contributed by atoms with Crippen LogP contribution in [0.25, 0.3) is 0 Å². The zero-order valence-electron chi connectivity index (χ0n) is 16.7. The molecule has 0 spiro atoms. The minimum atomic E-state index is -3.63. The molecule has 0 bridgehead atoms. The van der Waals surface area contributed by atoms with Crippen molar-refractivity contribution < 1.29 is 27.5 Å². The molecular formula is C20H24N2O6S. The van der Waals surface area contributed by atoms with Gasteiger partial charge in [-0.2, -0.15) is 0 Å². The summed E-state index contributed by atoms with van der Waals surface area (Å²) in [7, 11) is -0.796. The van der Waals surface area contributed by atoms with E-state index in [4.69, 9.17) is 9.47 Å². The number of ether oxygens (including phenoxy) is 2. The van der Waals surface area contributed by atoms with Crippen LogP contribution in [0.2, 0.25) is 0 Å². The van der Waals surface area contributed by atoms with E-state index < -0.39 is 28.0 Å². The molecule has 0 aliphatic heterocycles. The minimum Gasteiger partial charge on any atom is -0.482 e. The third kappa shape index (κ3) is 6.30. The second-order valence-electron chi connectivity index (χ2n) is 6.54. The number of sulfonamides is 1.